The molecular weight excluding hydrogens is 328 g/mol. The number of carbonyl (C=O) groups excluding carboxylic acids is 1. The first-order chi connectivity index (χ1) is 12.3. The van der Waals surface area contributed by atoms with Crippen molar-refractivity contribution in [2.75, 3.05) is 26.1 Å². The van der Waals surface area contributed by atoms with Crippen molar-refractivity contribution in [1.82, 2.24) is 5.32 Å². The van der Waals surface area contributed by atoms with Crippen LogP contribution in [-0.2, 0) is 16.8 Å². The monoisotopic (exact) mass is 356 g/mol. The molecule has 0 unspecified atom stereocenters. The minimum Gasteiger partial charge on any atom is -0.493 e. The van der Waals surface area contributed by atoms with Crippen LogP contribution in [0.2, 0.25) is 0 Å². The van der Waals surface area contributed by atoms with Crippen molar-refractivity contribution in [3.8, 4) is 11.5 Å². The Balaban J connectivity index is 1.92. The van der Waals surface area contributed by atoms with Gasteiger partial charge in [0.25, 0.3) is 0 Å². The first kappa shape index (κ1) is 19.8. The number of hydrogen-bond acceptors (Lipinski definition) is 4. The van der Waals surface area contributed by atoms with E-state index in [4.69, 9.17) is 9.47 Å². The van der Waals surface area contributed by atoms with E-state index in [1.165, 1.54) is 0 Å². The van der Waals surface area contributed by atoms with Crippen LogP contribution in [-0.4, -0.2) is 26.7 Å². The van der Waals surface area contributed by atoms with E-state index >= 15 is 0 Å². The minimum absolute atomic E-state index is 0.0308. The summed E-state index contributed by atoms with van der Waals surface area (Å²) in [5.74, 6) is 1.30. The van der Waals surface area contributed by atoms with E-state index in [1.807, 2.05) is 42.5 Å². The first-order valence-corrected chi connectivity index (χ1v) is 8.66. The number of hydrogen-bond donors (Lipinski definition) is 2. The van der Waals surface area contributed by atoms with Crippen LogP contribution in [0.4, 0.5) is 5.69 Å². The van der Waals surface area contributed by atoms with Crippen LogP contribution >= 0.6 is 0 Å². The number of para-hydroxylation sites is 1. The van der Waals surface area contributed by atoms with E-state index in [0.29, 0.717) is 18.0 Å². The van der Waals surface area contributed by atoms with Gasteiger partial charge in [0.05, 0.1) is 20.8 Å². The Morgan fingerprint density at radius 2 is 1.69 bits per heavy atom. The van der Waals surface area contributed by atoms with Gasteiger partial charge in [-0.2, -0.15) is 0 Å². The maximum Gasteiger partial charge on any atom is 0.238 e. The van der Waals surface area contributed by atoms with Gasteiger partial charge in [-0.3, -0.25) is 4.79 Å². The molecule has 0 saturated carbocycles. The van der Waals surface area contributed by atoms with Crippen molar-refractivity contribution >= 4 is 11.6 Å². The Kier molecular flexibility index (Phi) is 6.64. The van der Waals surface area contributed by atoms with E-state index in [-0.39, 0.29) is 17.9 Å². The van der Waals surface area contributed by atoms with Crippen molar-refractivity contribution in [1.29, 1.82) is 0 Å². The number of carbonyl (C=O) groups is 1. The molecule has 0 fully saturated rings. The summed E-state index contributed by atoms with van der Waals surface area (Å²) in [7, 11) is 3.21. The number of rotatable bonds is 7. The maximum absolute atomic E-state index is 12.3. The molecular formula is C21H28N2O3. The molecule has 0 spiro atoms. The molecule has 5 nitrogen and oxygen atoms in total. The first-order valence-electron chi connectivity index (χ1n) is 8.66. The lowest BCUT2D eigenvalue weighted by atomic mass is 9.86. The molecule has 0 saturated heterocycles. The molecule has 2 rings (SSSR count). The van der Waals surface area contributed by atoms with Crippen LogP contribution in [0.3, 0.4) is 0 Å². The molecule has 5 heteroatoms. The van der Waals surface area contributed by atoms with Gasteiger partial charge in [0, 0.05) is 12.2 Å². The predicted octanol–water partition coefficient (Wildman–Crippen LogP) is 3.73. The highest BCUT2D eigenvalue weighted by Gasteiger charge is 2.18. The average Bonchev–Trinajstić information content (AvgIpc) is 2.61. The quantitative estimate of drug-likeness (QED) is 0.794. The molecule has 1 amide bonds. The molecule has 0 bridgehead atoms. The largest absolute Gasteiger partial charge is 0.493 e. The van der Waals surface area contributed by atoms with Gasteiger partial charge in [-0.1, -0.05) is 45.0 Å². The molecule has 2 aromatic rings. The van der Waals surface area contributed by atoms with Gasteiger partial charge < -0.3 is 20.1 Å². The molecule has 2 N–H and O–H groups in total. The second kappa shape index (κ2) is 8.72. The Bertz CT molecular complexity index is 751. The van der Waals surface area contributed by atoms with Gasteiger partial charge in [-0.05, 0) is 34.7 Å². The van der Waals surface area contributed by atoms with E-state index < -0.39 is 0 Å². The standard InChI is InChI=1S/C21H28N2O3/c1-21(2,3)16-8-6-7-9-17(16)23-20(24)14-22-13-15-10-11-18(25-4)19(12-15)26-5/h6-12,22H,13-14H2,1-5H3,(H,23,24). The number of nitrogens with one attached hydrogen (secondary N) is 2. The maximum atomic E-state index is 12.3. The van der Waals surface area contributed by atoms with Crippen molar-refractivity contribution in [2.45, 2.75) is 32.7 Å². The Hall–Kier alpha value is -2.53. The van der Waals surface area contributed by atoms with Crippen molar-refractivity contribution in [3.05, 3.63) is 53.6 Å². The van der Waals surface area contributed by atoms with E-state index in [0.717, 1.165) is 16.8 Å². The van der Waals surface area contributed by atoms with Crippen LogP contribution in [0, 0.1) is 0 Å². The summed E-state index contributed by atoms with van der Waals surface area (Å²) in [5, 5.41) is 6.16. The van der Waals surface area contributed by atoms with E-state index in [9.17, 15) is 4.79 Å². The zero-order valence-corrected chi connectivity index (χ0v) is 16.2. The van der Waals surface area contributed by atoms with Crippen LogP contribution in [0.25, 0.3) is 0 Å². The summed E-state index contributed by atoms with van der Waals surface area (Å²) < 4.78 is 10.5. The predicted molar refractivity (Wildman–Crippen MR) is 105 cm³/mol. The van der Waals surface area contributed by atoms with Crippen molar-refractivity contribution in [3.63, 3.8) is 0 Å². The summed E-state index contributed by atoms with van der Waals surface area (Å²) in [5.41, 5.74) is 2.97. The topological polar surface area (TPSA) is 59.6 Å². The van der Waals surface area contributed by atoms with E-state index in [2.05, 4.69) is 31.4 Å². The van der Waals surface area contributed by atoms with Crippen LogP contribution in [0.1, 0.15) is 31.9 Å². The summed E-state index contributed by atoms with van der Waals surface area (Å²) in [6.45, 7) is 7.19. The molecule has 26 heavy (non-hydrogen) atoms. The number of methoxy groups -OCH3 is 2. The van der Waals surface area contributed by atoms with Crippen LogP contribution in [0.5, 0.6) is 11.5 Å². The van der Waals surface area contributed by atoms with Gasteiger partial charge in [0.15, 0.2) is 11.5 Å². The molecule has 2 aromatic carbocycles. The zero-order valence-electron chi connectivity index (χ0n) is 16.2. The highest BCUT2D eigenvalue weighted by atomic mass is 16.5. The van der Waals surface area contributed by atoms with Gasteiger partial charge in [-0.15, -0.1) is 0 Å². The van der Waals surface area contributed by atoms with Gasteiger partial charge in [-0.25, -0.2) is 0 Å². The highest BCUT2D eigenvalue weighted by Crippen LogP contribution is 2.29. The molecule has 140 valence electrons. The fourth-order valence-corrected chi connectivity index (χ4v) is 2.75. The summed E-state index contributed by atoms with van der Waals surface area (Å²) in [6.07, 6.45) is 0. The third-order valence-corrected chi connectivity index (χ3v) is 4.07. The van der Waals surface area contributed by atoms with Gasteiger partial charge in [0.1, 0.15) is 0 Å². The molecule has 0 aliphatic rings. The molecule has 0 atom stereocenters. The fraction of sp³-hybridized carbons (Fsp3) is 0.381. The van der Waals surface area contributed by atoms with Crippen LogP contribution < -0.4 is 20.1 Å². The number of ether oxygens (including phenoxy) is 2. The highest BCUT2D eigenvalue weighted by molar-refractivity contribution is 5.93. The third-order valence-electron chi connectivity index (χ3n) is 4.07. The lowest BCUT2D eigenvalue weighted by molar-refractivity contribution is -0.115. The van der Waals surface area contributed by atoms with Crippen molar-refractivity contribution < 1.29 is 14.3 Å². The molecule has 0 aliphatic heterocycles. The zero-order chi connectivity index (χ0) is 19.2. The Morgan fingerprint density at radius 1 is 1.00 bits per heavy atom. The Labute approximate surface area is 155 Å². The van der Waals surface area contributed by atoms with Gasteiger partial charge >= 0.3 is 0 Å². The van der Waals surface area contributed by atoms with E-state index in [1.54, 1.807) is 14.2 Å². The molecule has 0 aliphatic carbocycles. The second-order valence-electron chi connectivity index (χ2n) is 7.14. The lowest BCUT2D eigenvalue weighted by Gasteiger charge is -2.23. The molecule has 0 radical (unpaired) electrons. The minimum atomic E-state index is -0.0674. The Morgan fingerprint density at radius 3 is 2.35 bits per heavy atom. The van der Waals surface area contributed by atoms with Gasteiger partial charge in [0.2, 0.25) is 5.91 Å². The van der Waals surface area contributed by atoms with Crippen LogP contribution in [0.15, 0.2) is 42.5 Å². The smallest absolute Gasteiger partial charge is 0.238 e. The molecule has 0 heterocycles. The summed E-state index contributed by atoms with van der Waals surface area (Å²) in [4.78, 5) is 12.3. The summed E-state index contributed by atoms with van der Waals surface area (Å²) >= 11 is 0. The third kappa shape index (κ3) is 5.23. The number of anilines is 1. The number of amides is 1. The fourth-order valence-electron chi connectivity index (χ4n) is 2.75. The lowest BCUT2D eigenvalue weighted by Crippen LogP contribution is -2.28. The van der Waals surface area contributed by atoms with Crippen molar-refractivity contribution in [2.24, 2.45) is 0 Å². The summed E-state index contributed by atoms with van der Waals surface area (Å²) in [6, 6.07) is 13.6. The number of benzene rings is 2. The second-order valence-corrected chi connectivity index (χ2v) is 7.14. The SMILES string of the molecule is COc1ccc(CNCC(=O)Nc2ccccc2C(C)(C)C)cc1OC. The average molecular weight is 356 g/mol. The normalized spacial score (nSPS) is 11.1. The molecule has 0 aromatic heterocycles.